The van der Waals surface area contributed by atoms with Gasteiger partial charge in [-0.3, -0.25) is 14.2 Å². The van der Waals surface area contributed by atoms with Gasteiger partial charge in [-0.25, -0.2) is 0 Å². The number of rotatable bonds is 8. The molecule has 3 aliphatic rings. The molecule has 1 N–H and O–H groups in total. The molecule has 5 rings (SSSR count). The summed E-state index contributed by atoms with van der Waals surface area (Å²) >= 11 is 0. The third-order valence-corrected chi connectivity index (χ3v) is 9.91. The summed E-state index contributed by atoms with van der Waals surface area (Å²) in [6, 6.07) is 21.8. The number of likely N-dealkylation sites (tertiary alicyclic amines) is 1. The van der Waals surface area contributed by atoms with E-state index in [2.05, 4.69) is 60.4 Å². The molecule has 2 aromatic rings. The summed E-state index contributed by atoms with van der Waals surface area (Å²) in [7, 11) is -4.21. The summed E-state index contributed by atoms with van der Waals surface area (Å²) in [6.45, 7) is 3.13. The zero-order valence-electron chi connectivity index (χ0n) is 19.2. The number of fused-ring (bicyclic) bond motifs is 2. The molecule has 1 unspecified atom stereocenters. The molecule has 1 saturated heterocycles. The van der Waals surface area contributed by atoms with E-state index in [4.69, 9.17) is 0 Å². The number of carbonyl (C=O) groups excluding carboxylic acids is 1. The summed E-state index contributed by atoms with van der Waals surface area (Å²) < 4.78 is 33.4. The van der Waals surface area contributed by atoms with Crippen LogP contribution in [0.3, 0.4) is 0 Å². The van der Waals surface area contributed by atoms with E-state index < -0.39 is 21.3 Å². The number of nitrogens with zero attached hydrogens (tertiary/aromatic N) is 1. The minimum atomic E-state index is -4.21. The van der Waals surface area contributed by atoms with Crippen molar-refractivity contribution in [1.82, 2.24) is 4.90 Å². The SMILES string of the molecule is CC1(CC[C@H]2CCN2C(c2ccccc2)c2ccccc2)[C@H]2CC[C@]1(CS(=O)(=O)O)C(=O)C2. The van der Waals surface area contributed by atoms with E-state index in [1.54, 1.807) is 0 Å². The first-order valence-corrected chi connectivity index (χ1v) is 13.7. The van der Waals surface area contributed by atoms with Gasteiger partial charge in [0, 0.05) is 19.0 Å². The van der Waals surface area contributed by atoms with Crippen LogP contribution in [0.5, 0.6) is 0 Å². The van der Waals surface area contributed by atoms with Crippen molar-refractivity contribution in [1.29, 1.82) is 0 Å². The summed E-state index contributed by atoms with van der Waals surface area (Å²) in [5.41, 5.74) is 1.27. The van der Waals surface area contributed by atoms with Gasteiger partial charge < -0.3 is 0 Å². The lowest BCUT2D eigenvalue weighted by atomic mass is 9.65. The molecule has 2 aromatic carbocycles. The highest BCUT2D eigenvalue weighted by Crippen LogP contribution is 2.66. The van der Waals surface area contributed by atoms with Crippen molar-refractivity contribution >= 4 is 15.9 Å². The van der Waals surface area contributed by atoms with Crippen LogP contribution in [0.2, 0.25) is 0 Å². The van der Waals surface area contributed by atoms with E-state index in [0.29, 0.717) is 18.9 Å². The maximum atomic E-state index is 12.9. The molecule has 2 bridgehead atoms. The van der Waals surface area contributed by atoms with E-state index in [1.807, 2.05) is 12.1 Å². The van der Waals surface area contributed by atoms with Gasteiger partial charge in [0.2, 0.25) is 0 Å². The molecule has 1 aliphatic heterocycles. The summed E-state index contributed by atoms with van der Waals surface area (Å²) in [5.74, 6) is -0.160. The highest BCUT2D eigenvalue weighted by molar-refractivity contribution is 7.85. The fraction of sp³-hybridized carbons (Fsp3) is 0.519. The van der Waals surface area contributed by atoms with E-state index in [1.165, 1.54) is 11.1 Å². The van der Waals surface area contributed by atoms with Crippen molar-refractivity contribution in [3.05, 3.63) is 71.8 Å². The van der Waals surface area contributed by atoms with E-state index in [9.17, 15) is 17.8 Å². The van der Waals surface area contributed by atoms with E-state index in [-0.39, 0.29) is 23.2 Å². The van der Waals surface area contributed by atoms with Gasteiger partial charge in [-0.1, -0.05) is 67.6 Å². The van der Waals surface area contributed by atoms with Gasteiger partial charge in [0.05, 0.1) is 17.2 Å². The third-order valence-electron chi connectivity index (χ3n) is 9.06. The van der Waals surface area contributed by atoms with Crippen LogP contribution in [0.1, 0.15) is 62.6 Å². The first-order valence-electron chi connectivity index (χ1n) is 12.1. The Morgan fingerprint density at radius 1 is 1.03 bits per heavy atom. The van der Waals surface area contributed by atoms with Gasteiger partial charge in [-0.2, -0.15) is 8.42 Å². The molecular formula is C27H33NO4S. The minimum Gasteiger partial charge on any atom is -0.299 e. The van der Waals surface area contributed by atoms with Crippen LogP contribution in [0.15, 0.2) is 60.7 Å². The quantitative estimate of drug-likeness (QED) is 0.559. The van der Waals surface area contributed by atoms with Crippen LogP contribution in [-0.2, 0) is 14.9 Å². The van der Waals surface area contributed by atoms with Crippen molar-refractivity contribution in [2.75, 3.05) is 12.3 Å². The third kappa shape index (κ3) is 3.86. The highest BCUT2D eigenvalue weighted by Gasteiger charge is 2.67. The van der Waals surface area contributed by atoms with Crippen LogP contribution in [-0.4, -0.2) is 42.0 Å². The molecule has 33 heavy (non-hydrogen) atoms. The monoisotopic (exact) mass is 467 g/mol. The number of hydrogen-bond donors (Lipinski definition) is 1. The summed E-state index contributed by atoms with van der Waals surface area (Å²) in [4.78, 5) is 15.5. The zero-order valence-corrected chi connectivity index (χ0v) is 20.0. The lowest BCUT2D eigenvalue weighted by Gasteiger charge is -2.48. The second-order valence-electron chi connectivity index (χ2n) is 10.5. The van der Waals surface area contributed by atoms with Crippen LogP contribution in [0.25, 0.3) is 0 Å². The molecule has 5 nitrogen and oxygen atoms in total. The molecule has 0 amide bonds. The predicted molar refractivity (Wildman–Crippen MR) is 128 cm³/mol. The Labute approximate surface area is 196 Å². The molecule has 0 spiro atoms. The van der Waals surface area contributed by atoms with E-state index >= 15 is 0 Å². The summed E-state index contributed by atoms with van der Waals surface area (Å²) in [5, 5.41) is 0. The fourth-order valence-electron chi connectivity index (χ4n) is 7.12. The van der Waals surface area contributed by atoms with Gasteiger partial charge in [0.25, 0.3) is 10.1 Å². The molecule has 176 valence electrons. The van der Waals surface area contributed by atoms with Crippen molar-refractivity contribution in [3.63, 3.8) is 0 Å². The molecule has 6 heteroatoms. The molecule has 0 aromatic heterocycles. The topological polar surface area (TPSA) is 74.7 Å². The van der Waals surface area contributed by atoms with Crippen LogP contribution >= 0.6 is 0 Å². The van der Waals surface area contributed by atoms with Crippen LogP contribution in [0.4, 0.5) is 0 Å². The molecule has 1 heterocycles. The van der Waals surface area contributed by atoms with E-state index in [0.717, 1.165) is 32.2 Å². The van der Waals surface area contributed by atoms with Crippen molar-refractivity contribution < 1.29 is 17.8 Å². The van der Waals surface area contributed by atoms with Gasteiger partial charge in [-0.15, -0.1) is 0 Å². The van der Waals surface area contributed by atoms with Crippen LogP contribution < -0.4 is 0 Å². The lowest BCUT2D eigenvalue weighted by Crippen LogP contribution is -2.51. The minimum absolute atomic E-state index is 0.0378. The number of Topliss-reactive ketones (excluding diaryl/α,β-unsaturated/α-hetero) is 1. The Kier molecular flexibility index (Phi) is 5.74. The lowest BCUT2D eigenvalue weighted by molar-refractivity contribution is -0.128. The smallest absolute Gasteiger partial charge is 0.265 e. The second kappa shape index (κ2) is 8.33. The molecule has 2 saturated carbocycles. The maximum Gasteiger partial charge on any atom is 0.265 e. The number of ketones is 1. The van der Waals surface area contributed by atoms with Gasteiger partial charge in [-0.05, 0) is 54.6 Å². The molecule has 0 radical (unpaired) electrons. The molecular weight excluding hydrogens is 434 g/mol. The van der Waals surface area contributed by atoms with Crippen molar-refractivity contribution in [2.45, 2.75) is 57.5 Å². The largest absolute Gasteiger partial charge is 0.299 e. The van der Waals surface area contributed by atoms with Crippen LogP contribution in [0, 0.1) is 16.7 Å². The first kappa shape index (κ1) is 22.8. The Morgan fingerprint density at radius 3 is 2.12 bits per heavy atom. The Hall–Kier alpha value is -2.02. The average Bonchev–Trinajstić information content (AvgIpc) is 3.13. The number of carbonyl (C=O) groups is 1. The molecule has 2 aliphatic carbocycles. The first-order chi connectivity index (χ1) is 15.7. The average molecular weight is 468 g/mol. The van der Waals surface area contributed by atoms with Gasteiger partial charge in [0.1, 0.15) is 5.78 Å². The normalized spacial score (nSPS) is 31.8. The number of hydrogen-bond acceptors (Lipinski definition) is 4. The Morgan fingerprint density at radius 2 is 1.64 bits per heavy atom. The van der Waals surface area contributed by atoms with Crippen molar-refractivity contribution in [2.24, 2.45) is 16.7 Å². The molecule has 4 atom stereocenters. The summed E-state index contributed by atoms with van der Waals surface area (Å²) in [6.07, 6.45) is 4.77. The Bertz CT molecular complexity index is 1080. The fourth-order valence-corrected chi connectivity index (χ4v) is 8.37. The second-order valence-corrected chi connectivity index (χ2v) is 12.0. The zero-order chi connectivity index (χ0) is 23.3. The van der Waals surface area contributed by atoms with Gasteiger partial charge in [0.15, 0.2) is 0 Å². The van der Waals surface area contributed by atoms with Crippen molar-refractivity contribution in [3.8, 4) is 0 Å². The predicted octanol–water partition coefficient (Wildman–Crippen LogP) is 4.89. The maximum absolute atomic E-state index is 12.9. The standard InChI is InChI=1S/C27H33NO4S/c1-26(22-12-16-27(26,24(29)18-22)19-33(30,31)32)15-13-23-14-17-28(23)25(20-8-4-2-5-9-20)21-10-6-3-7-11-21/h2-11,22-23,25H,12-19H2,1H3,(H,30,31,32)/t22-,23-,26?,27-/m0/s1. The van der Waals surface area contributed by atoms with Gasteiger partial charge >= 0.3 is 0 Å². The number of benzene rings is 2. The highest BCUT2D eigenvalue weighted by atomic mass is 32.2. The molecule has 3 fully saturated rings. The Balaban J connectivity index is 1.37.